The second-order valence-electron chi connectivity index (χ2n) is 11.0. The molecule has 0 saturated carbocycles. The first kappa shape index (κ1) is 37.4. The van der Waals surface area contributed by atoms with E-state index in [4.69, 9.17) is 56.9 Å². The van der Waals surface area contributed by atoms with Gasteiger partial charge in [-0.25, -0.2) is 0 Å². The van der Waals surface area contributed by atoms with Gasteiger partial charge < -0.3 is 20.7 Å². The number of benzene rings is 4. The first-order valence-corrected chi connectivity index (χ1v) is 17.6. The number of nitrogens with two attached hydrogens (primary N) is 1. The molecule has 2 atom stereocenters. The zero-order valence-corrected chi connectivity index (χ0v) is 30.0. The van der Waals surface area contributed by atoms with Crippen LogP contribution in [0.3, 0.4) is 0 Å². The number of carbonyl (C=O) groups is 3. The van der Waals surface area contributed by atoms with Crippen molar-refractivity contribution in [2.75, 3.05) is 20.2 Å². The Morgan fingerprint density at radius 2 is 1.29 bits per heavy atom. The Labute approximate surface area is 305 Å². The molecule has 0 aliphatic rings. The highest BCUT2D eigenvalue weighted by atomic mass is 35.5. The Balaban J connectivity index is 1.54. The lowest BCUT2D eigenvalue weighted by molar-refractivity contribution is -0.141. The normalized spacial score (nSPS) is 12.2. The summed E-state index contributed by atoms with van der Waals surface area (Å²) in [5.41, 5.74) is 9.38. The average molecular weight is 748 g/mol. The van der Waals surface area contributed by atoms with Crippen LogP contribution in [0.15, 0.2) is 91.0 Å². The van der Waals surface area contributed by atoms with Crippen molar-refractivity contribution in [2.24, 2.45) is 5.73 Å². The third-order valence-electron chi connectivity index (χ3n) is 7.61. The topological polar surface area (TPSA) is 102 Å². The molecule has 0 aliphatic heterocycles. The summed E-state index contributed by atoms with van der Waals surface area (Å²) in [7, 11) is 1.60. The van der Waals surface area contributed by atoms with E-state index in [9.17, 15) is 14.4 Å². The highest BCUT2D eigenvalue weighted by molar-refractivity contribution is 7.99. The lowest BCUT2D eigenvalue weighted by Crippen LogP contribution is -2.57. The van der Waals surface area contributed by atoms with Crippen LogP contribution in [0.2, 0.25) is 20.1 Å². The highest BCUT2D eigenvalue weighted by Gasteiger charge is 2.33. The SMILES string of the molecule is COc1ccc(CS[C@@H](Cc2ccccc2)C(=O)NC(C(N)=O)C(=O)N(CCc2ccc(Cl)c(Cl)c2)CCc2ccc(Cl)c(Cl)c2)cc1. The maximum Gasteiger partial charge on any atom is 0.254 e. The lowest BCUT2D eigenvalue weighted by atomic mass is 10.1. The van der Waals surface area contributed by atoms with Gasteiger partial charge in [0.15, 0.2) is 6.04 Å². The monoisotopic (exact) mass is 745 g/mol. The van der Waals surface area contributed by atoms with E-state index in [1.807, 2.05) is 66.7 Å². The number of halogens is 4. The number of methoxy groups -OCH3 is 1. The number of thioether (sulfide) groups is 1. The number of hydrogen-bond acceptors (Lipinski definition) is 5. The van der Waals surface area contributed by atoms with E-state index < -0.39 is 29.0 Å². The minimum Gasteiger partial charge on any atom is -0.497 e. The fraction of sp³-hybridized carbons (Fsp3) is 0.250. The van der Waals surface area contributed by atoms with E-state index in [1.165, 1.54) is 16.7 Å². The molecule has 252 valence electrons. The third kappa shape index (κ3) is 11.1. The van der Waals surface area contributed by atoms with Crippen molar-refractivity contribution in [3.63, 3.8) is 0 Å². The minimum atomic E-state index is -1.58. The van der Waals surface area contributed by atoms with Crippen molar-refractivity contribution >= 4 is 75.9 Å². The smallest absolute Gasteiger partial charge is 0.254 e. The van der Waals surface area contributed by atoms with Crippen LogP contribution in [0.1, 0.15) is 22.3 Å². The summed E-state index contributed by atoms with van der Waals surface area (Å²) in [4.78, 5) is 42.1. The molecule has 0 fully saturated rings. The third-order valence-corrected chi connectivity index (χ3v) is 10.4. The van der Waals surface area contributed by atoms with Gasteiger partial charge in [0.2, 0.25) is 11.8 Å². The molecule has 0 radical (unpaired) electrons. The van der Waals surface area contributed by atoms with Crippen molar-refractivity contribution in [1.29, 1.82) is 0 Å². The van der Waals surface area contributed by atoms with Crippen LogP contribution >= 0.6 is 58.2 Å². The van der Waals surface area contributed by atoms with Crippen LogP contribution in [-0.4, -0.2) is 54.1 Å². The second kappa shape index (κ2) is 18.4. The number of ether oxygens (including phenoxy) is 1. The van der Waals surface area contributed by atoms with Crippen molar-refractivity contribution < 1.29 is 19.1 Å². The van der Waals surface area contributed by atoms with Crippen LogP contribution in [0, 0.1) is 0 Å². The Hall–Kier alpha value is -3.40. The Morgan fingerprint density at radius 3 is 1.79 bits per heavy atom. The van der Waals surface area contributed by atoms with Gasteiger partial charge in [0.05, 0.1) is 32.5 Å². The van der Waals surface area contributed by atoms with Crippen LogP contribution in [0.5, 0.6) is 5.75 Å². The summed E-state index contributed by atoms with van der Waals surface area (Å²) in [6, 6.07) is 26.0. The summed E-state index contributed by atoms with van der Waals surface area (Å²) in [6.45, 7) is 0.439. The van der Waals surface area contributed by atoms with E-state index in [1.54, 1.807) is 31.4 Å². The molecule has 4 aromatic rings. The van der Waals surface area contributed by atoms with Gasteiger partial charge in [-0.05, 0) is 77.9 Å². The van der Waals surface area contributed by atoms with Crippen molar-refractivity contribution in [3.8, 4) is 5.75 Å². The molecule has 7 nitrogen and oxygen atoms in total. The molecule has 4 rings (SSSR count). The highest BCUT2D eigenvalue weighted by Crippen LogP contribution is 2.26. The molecule has 0 spiro atoms. The maximum atomic E-state index is 14.0. The summed E-state index contributed by atoms with van der Waals surface area (Å²) in [5.74, 6) is -0.796. The van der Waals surface area contributed by atoms with Gasteiger partial charge in [-0.15, -0.1) is 11.8 Å². The fourth-order valence-electron chi connectivity index (χ4n) is 4.90. The molecule has 48 heavy (non-hydrogen) atoms. The van der Waals surface area contributed by atoms with E-state index in [-0.39, 0.29) is 13.1 Å². The second-order valence-corrected chi connectivity index (χ2v) is 13.8. The summed E-state index contributed by atoms with van der Waals surface area (Å²) >= 11 is 26.0. The predicted molar refractivity (Wildman–Crippen MR) is 196 cm³/mol. The zero-order valence-electron chi connectivity index (χ0n) is 26.1. The van der Waals surface area contributed by atoms with Gasteiger partial charge in [-0.1, -0.05) is 101 Å². The Bertz CT molecular complexity index is 1650. The van der Waals surface area contributed by atoms with Gasteiger partial charge in [-0.3, -0.25) is 14.4 Å². The summed E-state index contributed by atoms with van der Waals surface area (Å²) in [5, 5.41) is 3.67. The van der Waals surface area contributed by atoms with Crippen LogP contribution in [0.4, 0.5) is 0 Å². The van der Waals surface area contributed by atoms with E-state index in [2.05, 4.69) is 5.32 Å². The number of rotatable bonds is 16. The molecule has 0 heterocycles. The van der Waals surface area contributed by atoms with Gasteiger partial charge in [0.1, 0.15) is 5.75 Å². The molecular weight excluding hydrogens is 712 g/mol. The van der Waals surface area contributed by atoms with Gasteiger partial charge >= 0.3 is 0 Å². The Kier molecular flexibility index (Phi) is 14.3. The number of hydrogen-bond donors (Lipinski definition) is 2. The maximum absolute atomic E-state index is 14.0. The van der Waals surface area contributed by atoms with Gasteiger partial charge in [0.25, 0.3) is 5.91 Å². The van der Waals surface area contributed by atoms with Crippen molar-refractivity contribution in [3.05, 3.63) is 133 Å². The van der Waals surface area contributed by atoms with E-state index in [0.29, 0.717) is 45.1 Å². The number of amides is 3. The first-order valence-electron chi connectivity index (χ1n) is 15.1. The van der Waals surface area contributed by atoms with E-state index >= 15 is 0 Å². The molecule has 3 N–H and O–H groups in total. The molecule has 1 unspecified atom stereocenters. The number of primary amides is 1. The molecule has 0 saturated heterocycles. The molecule has 4 aromatic carbocycles. The molecular formula is C36H35Cl4N3O4S. The molecule has 0 aromatic heterocycles. The molecule has 0 bridgehead atoms. The minimum absolute atomic E-state index is 0.220. The zero-order chi connectivity index (χ0) is 34.6. The van der Waals surface area contributed by atoms with Gasteiger partial charge in [0, 0.05) is 18.8 Å². The van der Waals surface area contributed by atoms with Crippen LogP contribution in [-0.2, 0) is 39.4 Å². The summed E-state index contributed by atoms with van der Waals surface area (Å²) < 4.78 is 5.25. The van der Waals surface area contributed by atoms with E-state index in [0.717, 1.165) is 28.0 Å². The largest absolute Gasteiger partial charge is 0.497 e. The molecule has 3 amide bonds. The first-order chi connectivity index (χ1) is 23.0. The predicted octanol–water partition coefficient (Wildman–Crippen LogP) is 7.44. The molecule has 12 heteroatoms. The van der Waals surface area contributed by atoms with Crippen molar-refractivity contribution in [1.82, 2.24) is 10.2 Å². The van der Waals surface area contributed by atoms with Crippen LogP contribution in [0.25, 0.3) is 0 Å². The van der Waals surface area contributed by atoms with Crippen molar-refractivity contribution in [2.45, 2.75) is 36.3 Å². The van der Waals surface area contributed by atoms with Gasteiger partial charge in [-0.2, -0.15) is 0 Å². The number of carbonyl (C=O) groups excluding carboxylic acids is 3. The lowest BCUT2D eigenvalue weighted by Gasteiger charge is -2.28. The average Bonchev–Trinajstić information content (AvgIpc) is 3.08. The summed E-state index contributed by atoms with van der Waals surface area (Å²) in [6.07, 6.45) is 1.21. The van der Waals surface area contributed by atoms with Crippen LogP contribution < -0.4 is 15.8 Å². The Morgan fingerprint density at radius 1 is 0.750 bits per heavy atom. The number of nitrogens with one attached hydrogen (secondary N) is 1. The number of nitrogens with zero attached hydrogens (tertiary/aromatic N) is 1. The standard InChI is InChI=1S/C36H35Cl4N3O4S/c1-47-27-11-7-26(8-12-27)22-48-32(21-23-5-3-2-4-6-23)35(45)42-33(34(41)44)36(46)43(17-15-24-9-13-28(37)30(39)19-24)18-16-25-10-14-29(38)31(40)20-25/h2-14,19-20,32-33H,15-18,21-22H2,1H3,(H2,41,44)(H,42,45)/t32-,33?/m0/s1. The fourth-order valence-corrected chi connectivity index (χ4v) is 6.65. The molecule has 0 aliphatic carbocycles. The quantitative estimate of drug-likeness (QED) is 0.116.